The minimum absolute atomic E-state index is 0.0344. The molecule has 0 unspecified atom stereocenters. The molecule has 6 atom stereocenters. The molecule has 0 saturated carbocycles. The van der Waals surface area contributed by atoms with Crippen LogP contribution in [0.4, 0.5) is 0 Å². The molecule has 0 aliphatic carbocycles. The number of carboxylic acids is 1. The van der Waals surface area contributed by atoms with Crippen molar-refractivity contribution in [1.82, 2.24) is 36.1 Å². The van der Waals surface area contributed by atoms with E-state index in [2.05, 4.69) is 26.3 Å². The number of hydrogen-bond acceptors (Lipinski definition) is 9. The summed E-state index contributed by atoms with van der Waals surface area (Å²) in [7, 11) is 2.56. The lowest BCUT2D eigenvalue weighted by Crippen LogP contribution is -2.60. The summed E-state index contributed by atoms with van der Waals surface area (Å²) in [6.07, 6.45) is 2.80. The normalized spacial score (nSPS) is 13.8. The third-order valence-electron chi connectivity index (χ3n) is 11.6. The summed E-state index contributed by atoms with van der Waals surface area (Å²) in [5.74, 6) is -6.97. The van der Waals surface area contributed by atoms with Gasteiger partial charge < -0.3 is 52.0 Å². The Morgan fingerprint density at radius 1 is 0.727 bits per heavy atom. The Hall–Kier alpha value is -7.24. The molecule has 0 fully saturated rings. The van der Waals surface area contributed by atoms with Crippen LogP contribution in [0.5, 0.6) is 5.75 Å². The first kappa shape index (κ1) is 51.4. The molecule has 0 aliphatic rings. The van der Waals surface area contributed by atoms with Crippen LogP contribution in [-0.4, -0.2) is 123 Å². The number of aromatic hydroxyl groups is 1. The number of likely N-dealkylation sites (N-methyl/N-ethyl adjacent to an activating group) is 2. The highest BCUT2D eigenvalue weighted by molar-refractivity contribution is 5.98. The summed E-state index contributed by atoms with van der Waals surface area (Å²) in [6, 6.07) is 15.8. The number of amides is 7. The molecule has 18 heteroatoms. The molecule has 4 aromatic rings. The van der Waals surface area contributed by atoms with Gasteiger partial charge in [0.05, 0.1) is 19.4 Å². The number of nitrogens with two attached hydrogens (primary N) is 1. The number of hydrogen-bond donors (Lipinski definition) is 8. The van der Waals surface area contributed by atoms with Gasteiger partial charge in [0.25, 0.3) is 0 Å². The molecule has 3 aromatic carbocycles. The van der Waals surface area contributed by atoms with E-state index < -0.39 is 96.4 Å². The summed E-state index contributed by atoms with van der Waals surface area (Å²) < 4.78 is 0. The van der Waals surface area contributed by atoms with Crippen LogP contribution >= 0.6 is 0 Å². The maximum absolute atomic E-state index is 14.4. The van der Waals surface area contributed by atoms with Crippen LogP contribution < -0.4 is 27.0 Å². The van der Waals surface area contributed by atoms with Crippen LogP contribution in [0, 0.1) is 5.92 Å². The number of carbonyl (C=O) groups excluding carboxylic acids is 7. The van der Waals surface area contributed by atoms with Crippen LogP contribution in [0.3, 0.4) is 0 Å². The van der Waals surface area contributed by atoms with Gasteiger partial charge in [-0.25, -0.2) is 0 Å². The van der Waals surface area contributed by atoms with Crippen LogP contribution in [0.2, 0.25) is 0 Å². The third kappa shape index (κ3) is 14.6. The lowest BCUT2D eigenvalue weighted by molar-refractivity contribution is -0.152. The number of nitrogens with one attached hydrogen (secondary N) is 5. The number of phenols is 1. The molecule has 0 saturated heterocycles. The number of nitrogens with zero attached hydrogens (tertiary/aromatic N) is 2. The van der Waals surface area contributed by atoms with Gasteiger partial charge in [-0.1, -0.05) is 101 Å². The summed E-state index contributed by atoms with van der Waals surface area (Å²) in [6.45, 7) is 4.84. The van der Waals surface area contributed by atoms with Crippen molar-refractivity contribution in [2.24, 2.45) is 11.7 Å². The number of fused-ring (bicyclic) bond motifs is 1. The number of primary amides is 1. The number of aromatic nitrogens is 1. The van der Waals surface area contributed by atoms with Crippen molar-refractivity contribution in [1.29, 1.82) is 0 Å². The third-order valence-corrected chi connectivity index (χ3v) is 11.6. The zero-order chi connectivity index (χ0) is 48.5. The van der Waals surface area contributed by atoms with E-state index in [0.29, 0.717) is 36.0 Å². The van der Waals surface area contributed by atoms with E-state index in [4.69, 9.17) is 5.73 Å². The summed E-state index contributed by atoms with van der Waals surface area (Å²) in [4.78, 5) is 113. The number of carboxylic acid groups (broad SMARTS) is 1. The van der Waals surface area contributed by atoms with Gasteiger partial charge >= 0.3 is 5.97 Å². The molecular formula is C48H62N8O10. The average molecular weight is 911 g/mol. The van der Waals surface area contributed by atoms with Gasteiger partial charge in [-0.2, -0.15) is 0 Å². The van der Waals surface area contributed by atoms with Crippen molar-refractivity contribution in [3.63, 3.8) is 0 Å². The summed E-state index contributed by atoms with van der Waals surface area (Å²) >= 11 is 0. The second kappa shape index (κ2) is 24.7. The average Bonchev–Trinajstić information content (AvgIpc) is 3.71. The Bertz CT molecular complexity index is 2320. The number of carbonyl (C=O) groups is 8. The van der Waals surface area contributed by atoms with Gasteiger partial charge in [0.15, 0.2) is 0 Å². The van der Waals surface area contributed by atoms with Crippen molar-refractivity contribution >= 4 is 58.2 Å². The topological polar surface area (TPSA) is 273 Å². The second-order valence-corrected chi connectivity index (χ2v) is 16.5. The number of unbranched alkanes of at least 4 members (excludes halogenated alkanes) is 1. The fourth-order valence-corrected chi connectivity index (χ4v) is 7.51. The zero-order valence-corrected chi connectivity index (χ0v) is 38.0. The largest absolute Gasteiger partial charge is 0.508 e. The molecule has 9 N–H and O–H groups in total. The molecule has 0 bridgehead atoms. The van der Waals surface area contributed by atoms with Crippen LogP contribution in [0.1, 0.15) is 69.6 Å². The van der Waals surface area contributed by atoms with E-state index in [0.717, 1.165) is 27.1 Å². The van der Waals surface area contributed by atoms with Gasteiger partial charge in [-0.15, -0.1) is 0 Å². The predicted octanol–water partition coefficient (Wildman–Crippen LogP) is 2.32. The lowest BCUT2D eigenvalue weighted by atomic mass is 9.95. The molecule has 0 radical (unpaired) electrons. The minimum atomic E-state index is -1.61. The van der Waals surface area contributed by atoms with Crippen molar-refractivity contribution in [3.8, 4) is 5.75 Å². The van der Waals surface area contributed by atoms with Crippen LogP contribution in [0.15, 0.2) is 85.1 Å². The monoisotopic (exact) mass is 910 g/mol. The van der Waals surface area contributed by atoms with Crippen LogP contribution in [0.25, 0.3) is 10.9 Å². The number of benzene rings is 3. The highest BCUT2D eigenvalue weighted by atomic mass is 16.4. The summed E-state index contributed by atoms with van der Waals surface area (Å²) in [5, 5.41) is 31.0. The molecule has 7 amide bonds. The zero-order valence-electron chi connectivity index (χ0n) is 38.0. The number of phenolic OH excluding ortho intramolecular Hbond substituents is 1. The molecule has 0 aliphatic heterocycles. The lowest BCUT2D eigenvalue weighted by Gasteiger charge is -2.36. The van der Waals surface area contributed by atoms with Crippen molar-refractivity contribution in [2.75, 3.05) is 20.6 Å². The Labute approximate surface area is 384 Å². The standard InChI is InChI=1S/C48H62N8O10/c1-6-8-17-36(52-40(58)24-31-19-21-33(57)22-20-31)45(63)51-28-41(59)53-37(25-32-27-50-35-18-13-12-16-34(32)35)46(64)54-43(29(3)7-2)48(66)56(5)39(26-42(60)61)47(65)55(4)38(44(49)62)23-30-14-10-9-11-15-30/h9-16,18-22,27,29,36-39,43,50,57H,6-8,17,23-26,28H2,1-5H3,(H2,49,62)(H,51,63)(H,52,58)(H,53,59)(H,54,64)(H,60,61)/t29-,36-,37-,38-,39-,43-/m0/s1. The van der Waals surface area contributed by atoms with E-state index in [1.54, 1.807) is 62.5 Å². The molecule has 18 nitrogen and oxygen atoms in total. The van der Waals surface area contributed by atoms with Crippen molar-refractivity contribution < 1.29 is 48.6 Å². The highest BCUT2D eigenvalue weighted by Gasteiger charge is 2.40. The maximum Gasteiger partial charge on any atom is 0.305 e. The Morgan fingerprint density at radius 2 is 1.36 bits per heavy atom. The van der Waals surface area contributed by atoms with E-state index in [9.17, 15) is 48.6 Å². The van der Waals surface area contributed by atoms with Crippen molar-refractivity contribution in [3.05, 3.63) is 102 Å². The summed E-state index contributed by atoms with van der Waals surface area (Å²) in [5.41, 5.74) is 8.46. The number of para-hydroxylation sites is 1. The van der Waals surface area contributed by atoms with Gasteiger partial charge in [-0.3, -0.25) is 38.4 Å². The van der Waals surface area contributed by atoms with E-state index >= 15 is 0 Å². The van der Waals surface area contributed by atoms with E-state index in [1.165, 1.54) is 26.2 Å². The number of aliphatic carboxylic acids is 1. The number of rotatable bonds is 25. The number of H-pyrrole nitrogens is 1. The quantitative estimate of drug-likeness (QED) is 0.0481. The van der Waals surface area contributed by atoms with Gasteiger partial charge in [-0.05, 0) is 47.2 Å². The second-order valence-electron chi connectivity index (χ2n) is 16.5. The SMILES string of the molecule is CCCC[C@H](NC(=O)Cc1ccc(O)cc1)C(=O)NCC(=O)N[C@@H](Cc1c[nH]c2ccccc12)C(=O)N[C@H](C(=O)N(C)[C@@H](CC(=O)O)C(=O)N(C)[C@@H](Cc1ccccc1)C(N)=O)[C@@H](C)CC. The Morgan fingerprint density at radius 3 is 2.00 bits per heavy atom. The first-order chi connectivity index (χ1) is 31.4. The maximum atomic E-state index is 14.4. The highest BCUT2D eigenvalue weighted by Crippen LogP contribution is 2.21. The molecule has 4 rings (SSSR count). The fraction of sp³-hybridized carbons (Fsp3) is 0.417. The molecule has 0 spiro atoms. The van der Waals surface area contributed by atoms with E-state index in [1.807, 2.05) is 31.2 Å². The first-order valence-corrected chi connectivity index (χ1v) is 22.0. The molecule has 1 aromatic heterocycles. The van der Waals surface area contributed by atoms with Gasteiger partial charge in [0.2, 0.25) is 41.4 Å². The van der Waals surface area contributed by atoms with Crippen LogP contribution in [-0.2, 0) is 57.6 Å². The Kier molecular flexibility index (Phi) is 19.3. The predicted molar refractivity (Wildman–Crippen MR) is 246 cm³/mol. The fourth-order valence-electron chi connectivity index (χ4n) is 7.51. The van der Waals surface area contributed by atoms with E-state index in [-0.39, 0.29) is 25.0 Å². The molecule has 66 heavy (non-hydrogen) atoms. The number of aromatic amines is 1. The minimum Gasteiger partial charge on any atom is -0.508 e. The smallest absolute Gasteiger partial charge is 0.305 e. The first-order valence-electron chi connectivity index (χ1n) is 22.0. The van der Waals surface area contributed by atoms with Gasteiger partial charge in [0.1, 0.15) is 36.0 Å². The molecule has 1 heterocycles. The Balaban J connectivity index is 1.55. The van der Waals surface area contributed by atoms with Gasteiger partial charge in [0, 0.05) is 44.0 Å². The molecule has 354 valence electrons. The van der Waals surface area contributed by atoms with Crippen molar-refractivity contribution in [2.45, 2.75) is 102 Å². The molecular weight excluding hydrogens is 849 g/mol.